The molecule has 4 aromatic rings. The number of phenols is 2. The van der Waals surface area contributed by atoms with Gasteiger partial charge in [-0.15, -0.1) is 0 Å². The molecule has 3 heterocycles. The number of fused-ring (bicyclic) bond motifs is 3. The van der Waals surface area contributed by atoms with Gasteiger partial charge in [-0.05, 0) is 5.56 Å². The van der Waals surface area contributed by atoms with Crippen molar-refractivity contribution in [3.63, 3.8) is 0 Å². The molecule has 0 spiro atoms. The van der Waals surface area contributed by atoms with E-state index in [9.17, 15) is 19.8 Å². The van der Waals surface area contributed by atoms with Gasteiger partial charge in [0.25, 0.3) is 0 Å². The molecule has 0 saturated carbocycles. The second-order valence-electron chi connectivity index (χ2n) is 7.16. The van der Waals surface area contributed by atoms with Crippen molar-refractivity contribution >= 4 is 16.9 Å². The highest BCUT2D eigenvalue weighted by Gasteiger charge is 2.37. The van der Waals surface area contributed by atoms with Crippen LogP contribution in [0.15, 0.2) is 58.0 Å². The second kappa shape index (κ2) is 6.48. The molecule has 2 N–H and O–H groups in total. The molecule has 0 unspecified atom stereocenters. The van der Waals surface area contributed by atoms with Crippen molar-refractivity contribution in [3.8, 4) is 28.6 Å². The van der Waals surface area contributed by atoms with E-state index in [1.54, 1.807) is 36.3 Å². The maximum absolute atomic E-state index is 12.9. The van der Waals surface area contributed by atoms with Crippen LogP contribution >= 0.6 is 0 Å². The first-order valence-electron chi connectivity index (χ1n) is 9.24. The third kappa shape index (κ3) is 2.65. The number of nitrogens with zero attached hydrogens (tertiary/aromatic N) is 2. The number of esters is 1. The normalized spacial score (nSPS) is 15.8. The van der Waals surface area contributed by atoms with Crippen LogP contribution in [0.1, 0.15) is 23.5 Å². The van der Waals surface area contributed by atoms with Gasteiger partial charge in [-0.2, -0.15) is 5.10 Å². The number of rotatable bonds is 2. The minimum Gasteiger partial charge on any atom is -0.504 e. The fourth-order valence-electron chi connectivity index (χ4n) is 3.86. The van der Waals surface area contributed by atoms with Crippen LogP contribution in [0.5, 0.6) is 17.2 Å². The highest BCUT2D eigenvalue weighted by Crippen LogP contribution is 2.52. The van der Waals surface area contributed by atoms with Crippen molar-refractivity contribution in [2.24, 2.45) is 7.05 Å². The van der Waals surface area contributed by atoms with Gasteiger partial charge in [0.2, 0.25) is 5.75 Å². The molecule has 2 aromatic heterocycles. The van der Waals surface area contributed by atoms with E-state index in [2.05, 4.69) is 5.10 Å². The number of ether oxygens (including phenoxy) is 1. The lowest BCUT2D eigenvalue weighted by Gasteiger charge is -2.25. The molecule has 5 rings (SSSR count). The highest BCUT2D eigenvalue weighted by atomic mass is 16.5. The summed E-state index contributed by atoms with van der Waals surface area (Å²) in [5.41, 5.74) is 1.22. The summed E-state index contributed by atoms with van der Waals surface area (Å²) in [6.07, 6.45) is 3.31. The fraction of sp³-hybridized carbons (Fsp3) is 0.136. The average molecular weight is 404 g/mol. The van der Waals surface area contributed by atoms with Gasteiger partial charge >= 0.3 is 5.97 Å². The zero-order valence-corrected chi connectivity index (χ0v) is 15.8. The molecule has 0 bridgehead atoms. The molecular formula is C22H16N2O6. The number of aromatic hydroxyl groups is 2. The molecule has 0 amide bonds. The Morgan fingerprint density at radius 2 is 1.90 bits per heavy atom. The van der Waals surface area contributed by atoms with Crippen molar-refractivity contribution in [2.75, 3.05) is 0 Å². The number of hydrogen-bond donors (Lipinski definition) is 2. The molecule has 1 aliphatic heterocycles. The Morgan fingerprint density at radius 3 is 2.60 bits per heavy atom. The second-order valence-corrected chi connectivity index (χ2v) is 7.16. The predicted octanol–water partition coefficient (Wildman–Crippen LogP) is 3.05. The molecule has 0 aliphatic carbocycles. The quantitative estimate of drug-likeness (QED) is 0.300. The van der Waals surface area contributed by atoms with E-state index >= 15 is 0 Å². The van der Waals surface area contributed by atoms with Crippen molar-refractivity contribution in [1.82, 2.24) is 9.78 Å². The zero-order chi connectivity index (χ0) is 21.0. The van der Waals surface area contributed by atoms with Gasteiger partial charge in [0, 0.05) is 30.8 Å². The van der Waals surface area contributed by atoms with Crippen molar-refractivity contribution in [1.29, 1.82) is 0 Å². The summed E-state index contributed by atoms with van der Waals surface area (Å²) >= 11 is 0. The van der Waals surface area contributed by atoms with E-state index in [-0.39, 0.29) is 23.1 Å². The van der Waals surface area contributed by atoms with Crippen molar-refractivity contribution < 1.29 is 24.2 Å². The third-order valence-corrected chi connectivity index (χ3v) is 5.23. The van der Waals surface area contributed by atoms with Crippen LogP contribution in [0.3, 0.4) is 0 Å². The number of aryl methyl sites for hydroxylation is 1. The van der Waals surface area contributed by atoms with Crippen LogP contribution in [0.2, 0.25) is 0 Å². The van der Waals surface area contributed by atoms with Crippen LogP contribution in [0, 0.1) is 0 Å². The largest absolute Gasteiger partial charge is 0.504 e. The first kappa shape index (κ1) is 18.0. The Kier molecular flexibility index (Phi) is 3.89. The van der Waals surface area contributed by atoms with Crippen molar-refractivity contribution in [3.05, 3.63) is 70.1 Å². The fourth-order valence-corrected chi connectivity index (χ4v) is 3.86. The summed E-state index contributed by atoms with van der Waals surface area (Å²) in [5, 5.41) is 25.0. The zero-order valence-electron chi connectivity index (χ0n) is 15.8. The highest BCUT2D eigenvalue weighted by molar-refractivity contribution is 5.96. The topological polar surface area (TPSA) is 115 Å². The van der Waals surface area contributed by atoms with Gasteiger partial charge < -0.3 is 19.4 Å². The molecule has 30 heavy (non-hydrogen) atoms. The van der Waals surface area contributed by atoms with E-state index in [4.69, 9.17) is 9.15 Å². The number of hydrogen-bond acceptors (Lipinski definition) is 7. The number of aromatic nitrogens is 2. The van der Waals surface area contributed by atoms with Crippen LogP contribution < -0.4 is 10.2 Å². The molecule has 8 heteroatoms. The molecule has 2 aromatic carbocycles. The summed E-state index contributed by atoms with van der Waals surface area (Å²) < 4.78 is 12.9. The van der Waals surface area contributed by atoms with Crippen LogP contribution in [0.4, 0.5) is 0 Å². The Balaban J connectivity index is 1.88. The van der Waals surface area contributed by atoms with Crippen molar-refractivity contribution in [2.45, 2.75) is 12.3 Å². The number of carbonyl (C=O) groups excluding carboxylic acids is 1. The molecule has 1 aliphatic rings. The number of carbonyl (C=O) groups is 1. The summed E-state index contributed by atoms with van der Waals surface area (Å²) in [5.74, 6) is -2.42. The molecule has 150 valence electrons. The predicted molar refractivity (Wildman–Crippen MR) is 107 cm³/mol. The lowest BCUT2D eigenvalue weighted by molar-refractivity contribution is -0.135. The first-order valence-corrected chi connectivity index (χ1v) is 9.24. The van der Waals surface area contributed by atoms with E-state index < -0.39 is 28.8 Å². The summed E-state index contributed by atoms with van der Waals surface area (Å²) in [6, 6.07) is 10.3. The summed E-state index contributed by atoms with van der Waals surface area (Å²) in [4.78, 5) is 25.1. The molecule has 8 nitrogen and oxygen atoms in total. The summed E-state index contributed by atoms with van der Waals surface area (Å²) in [7, 11) is 1.74. The Morgan fingerprint density at radius 1 is 1.13 bits per heavy atom. The lowest BCUT2D eigenvalue weighted by Crippen LogP contribution is -2.22. The average Bonchev–Trinajstić information content (AvgIpc) is 3.17. The summed E-state index contributed by atoms with van der Waals surface area (Å²) in [6.45, 7) is 0. The van der Waals surface area contributed by atoms with E-state index in [0.717, 1.165) is 0 Å². The SMILES string of the molecule is Cn1cc([C@H]2CC(=O)Oc3c(O)c(O)c4c(=O)cc(-c5ccccc5)oc4c32)cn1. The van der Waals surface area contributed by atoms with E-state index in [0.29, 0.717) is 22.5 Å². The third-order valence-electron chi connectivity index (χ3n) is 5.23. The maximum atomic E-state index is 12.9. The van der Waals surface area contributed by atoms with Crippen LogP contribution in [-0.4, -0.2) is 26.0 Å². The lowest BCUT2D eigenvalue weighted by atomic mass is 9.86. The first-order chi connectivity index (χ1) is 14.4. The van der Waals surface area contributed by atoms with Gasteiger partial charge in [0.15, 0.2) is 16.9 Å². The smallest absolute Gasteiger partial charge is 0.312 e. The number of benzene rings is 2. The van der Waals surface area contributed by atoms with Gasteiger partial charge in [-0.3, -0.25) is 14.3 Å². The minimum atomic E-state index is -0.684. The molecule has 1 atom stereocenters. The molecule has 0 saturated heterocycles. The Bertz CT molecular complexity index is 1370. The van der Waals surface area contributed by atoms with Gasteiger partial charge in [0.1, 0.15) is 16.7 Å². The van der Waals surface area contributed by atoms with Crippen LogP contribution in [-0.2, 0) is 11.8 Å². The monoisotopic (exact) mass is 404 g/mol. The molecular weight excluding hydrogens is 388 g/mol. The molecule has 0 radical (unpaired) electrons. The minimum absolute atomic E-state index is 0.0305. The Labute approximate surface area is 169 Å². The number of phenolic OH excluding ortho intramolecular Hbond substituents is 2. The van der Waals surface area contributed by atoms with E-state index in [1.807, 2.05) is 18.2 Å². The maximum Gasteiger partial charge on any atom is 0.312 e. The Hall–Kier alpha value is -4.07. The molecule has 0 fully saturated rings. The van der Waals surface area contributed by atoms with Gasteiger partial charge in [-0.25, -0.2) is 0 Å². The van der Waals surface area contributed by atoms with Gasteiger partial charge in [-0.1, -0.05) is 30.3 Å². The van der Waals surface area contributed by atoms with Crippen LogP contribution in [0.25, 0.3) is 22.3 Å². The van der Waals surface area contributed by atoms with Gasteiger partial charge in [0.05, 0.1) is 18.2 Å². The van der Waals surface area contributed by atoms with E-state index in [1.165, 1.54) is 6.07 Å². The standard InChI is InChI=1S/C22H16N2O6/c1-24-10-12(9-23-24)13-7-16(26)30-22-17(13)21-18(19(27)20(22)28)14(25)8-15(29-21)11-5-3-2-4-6-11/h2-6,8-10,13,27-28H,7H2,1H3/t13-/m1/s1.